The molecule has 4 aromatic rings. The lowest BCUT2D eigenvalue weighted by atomic mass is 9.90. The molecule has 0 bridgehead atoms. The number of carbonyl (C=O) groups is 2. The number of amides is 2. The van der Waals surface area contributed by atoms with Gasteiger partial charge in [0.2, 0.25) is 5.91 Å². The van der Waals surface area contributed by atoms with Gasteiger partial charge in [-0.25, -0.2) is 0 Å². The van der Waals surface area contributed by atoms with Crippen molar-refractivity contribution < 1.29 is 9.59 Å². The van der Waals surface area contributed by atoms with Crippen LogP contribution >= 0.6 is 0 Å². The smallest absolute Gasteiger partial charge is 0.255 e. The maximum Gasteiger partial charge on any atom is 0.255 e. The Hall–Kier alpha value is -3.86. The summed E-state index contributed by atoms with van der Waals surface area (Å²) >= 11 is 0. The van der Waals surface area contributed by atoms with Crippen LogP contribution in [-0.4, -0.2) is 33.9 Å². The molecule has 1 aliphatic rings. The van der Waals surface area contributed by atoms with Crippen molar-refractivity contribution in [3.8, 4) is 11.3 Å². The van der Waals surface area contributed by atoms with Gasteiger partial charge in [0.05, 0.1) is 11.7 Å². The number of hydrogen-bond acceptors (Lipinski definition) is 2. The molecule has 0 spiro atoms. The molecule has 1 aliphatic heterocycles. The SMILES string of the molecule is CCCCC(CC)CNC(=O)C(C(C)CC)N1C(=O)c2ccccc2C1c1c(-c2ccc(C)cc2)n(C)c2ccccc12. The molecule has 2 heterocycles. The van der Waals surface area contributed by atoms with Crippen LogP contribution in [0.4, 0.5) is 0 Å². The van der Waals surface area contributed by atoms with Crippen LogP contribution in [0.3, 0.4) is 0 Å². The number of aryl methyl sites for hydroxylation is 2. The Balaban J connectivity index is 1.68. The van der Waals surface area contributed by atoms with E-state index in [9.17, 15) is 9.59 Å². The molecular formula is C38H47N3O2. The summed E-state index contributed by atoms with van der Waals surface area (Å²) in [6.07, 6.45) is 5.23. The average Bonchev–Trinajstić information content (AvgIpc) is 3.48. The Kier molecular flexibility index (Phi) is 9.39. The van der Waals surface area contributed by atoms with Gasteiger partial charge in [-0.15, -0.1) is 0 Å². The third-order valence-electron chi connectivity index (χ3n) is 9.60. The molecule has 5 nitrogen and oxygen atoms in total. The summed E-state index contributed by atoms with van der Waals surface area (Å²) in [6, 6.07) is 24.0. The molecule has 43 heavy (non-hydrogen) atoms. The molecule has 4 unspecified atom stereocenters. The van der Waals surface area contributed by atoms with Gasteiger partial charge >= 0.3 is 0 Å². The lowest BCUT2D eigenvalue weighted by Gasteiger charge is -2.37. The normalized spacial score (nSPS) is 16.7. The second-order valence-corrected chi connectivity index (χ2v) is 12.4. The van der Waals surface area contributed by atoms with E-state index in [4.69, 9.17) is 0 Å². The highest BCUT2D eigenvalue weighted by atomic mass is 16.2. The van der Waals surface area contributed by atoms with Gasteiger partial charge in [0.25, 0.3) is 5.91 Å². The van der Waals surface area contributed by atoms with Crippen LogP contribution in [0, 0.1) is 18.8 Å². The average molecular weight is 578 g/mol. The van der Waals surface area contributed by atoms with Gasteiger partial charge < -0.3 is 14.8 Å². The minimum Gasteiger partial charge on any atom is -0.354 e. The largest absolute Gasteiger partial charge is 0.354 e. The summed E-state index contributed by atoms with van der Waals surface area (Å²) in [5.41, 5.74) is 7.21. The zero-order chi connectivity index (χ0) is 30.7. The number of hydrogen-bond donors (Lipinski definition) is 1. The maximum absolute atomic E-state index is 14.5. The first-order valence-corrected chi connectivity index (χ1v) is 16.2. The molecule has 0 aliphatic carbocycles. The van der Waals surface area contributed by atoms with Crippen molar-refractivity contribution in [3.05, 3.63) is 95.1 Å². The number of benzene rings is 3. The predicted molar refractivity (Wildman–Crippen MR) is 177 cm³/mol. The van der Waals surface area contributed by atoms with E-state index in [0.29, 0.717) is 18.0 Å². The molecule has 3 aromatic carbocycles. The highest BCUT2D eigenvalue weighted by Crippen LogP contribution is 2.48. The number of aromatic nitrogens is 1. The number of para-hydroxylation sites is 1. The molecule has 5 heteroatoms. The zero-order valence-electron chi connectivity index (χ0n) is 26.7. The van der Waals surface area contributed by atoms with Crippen LogP contribution in [-0.2, 0) is 11.8 Å². The topological polar surface area (TPSA) is 54.3 Å². The number of nitrogens with zero attached hydrogens (tertiary/aromatic N) is 2. The van der Waals surface area contributed by atoms with Crippen molar-refractivity contribution >= 4 is 22.7 Å². The first-order valence-electron chi connectivity index (χ1n) is 16.2. The molecule has 2 amide bonds. The predicted octanol–water partition coefficient (Wildman–Crippen LogP) is 8.45. The van der Waals surface area contributed by atoms with Crippen LogP contribution in [0.15, 0.2) is 72.8 Å². The highest BCUT2D eigenvalue weighted by Gasteiger charge is 2.47. The second-order valence-electron chi connectivity index (χ2n) is 12.4. The molecule has 1 aromatic heterocycles. The number of fused-ring (bicyclic) bond motifs is 2. The molecule has 0 saturated heterocycles. The van der Waals surface area contributed by atoms with Crippen molar-refractivity contribution in [2.45, 2.75) is 78.8 Å². The Labute approximate surface area is 257 Å². The molecule has 1 N–H and O–H groups in total. The maximum atomic E-state index is 14.5. The Morgan fingerprint density at radius 3 is 2.33 bits per heavy atom. The van der Waals surface area contributed by atoms with Crippen molar-refractivity contribution in [1.29, 1.82) is 0 Å². The van der Waals surface area contributed by atoms with Gasteiger partial charge in [-0.05, 0) is 48.4 Å². The number of unbranched alkanes of at least 4 members (excludes halogenated alkanes) is 1. The first kappa shape index (κ1) is 30.6. The third kappa shape index (κ3) is 5.74. The van der Waals surface area contributed by atoms with Crippen LogP contribution in [0.5, 0.6) is 0 Å². The van der Waals surface area contributed by atoms with Gasteiger partial charge in [0.15, 0.2) is 0 Å². The Morgan fingerprint density at radius 1 is 0.930 bits per heavy atom. The van der Waals surface area contributed by atoms with Gasteiger partial charge in [0.1, 0.15) is 6.04 Å². The summed E-state index contributed by atoms with van der Waals surface area (Å²) in [4.78, 5) is 30.6. The fourth-order valence-corrected chi connectivity index (χ4v) is 6.85. The van der Waals surface area contributed by atoms with E-state index in [1.807, 2.05) is 23.1 Å². The molecule has 0 saturated carbocycles. The van der Waals surface area contributed by atoms with E-state index in [2.05, 4.69) is 106 Å². The van der Waals surface area contributed by atoms with Gasteiger partial charge in [-0.1, -0.05) is 120 Å². The van der Waals surface area contributed by atoms with Gasteiger partial charge in [-0.3, -0.25) is 9.59 Å². The van der Waals surface area contributed by atoms with E-state index < -0.39 is 12.1 Å². The van der Waals surface area contributed by atoms with Gasteiger partial charge in [-0.2, -0.15) is 0 Å². The molecule has 4 atom stereocenters. The Bertz CT molecular complexity index is 1580. The van der Waals surface area contributed by atoms with Crippen molar-refractivity contribution in [2.75, 3.05) is 6.54 Å². The molecule has 0 fully saturated rings. The summed E-state index contributed by atoms with van der Waals surface area (Å²) < 4.78 is 2.25. The fourth-order valence-electron chi connectivity index (χ4n) is 6.85. The van der Waals surface area contributed by atoms with Crippen molar-refractivity contribution in [2.24, 2.45) is 18.9 Å². The van der Waals surface area contributed by atoms with E-state index in [1.54, 1.807) is 0 Å². The van der Waals surface area contributed by atoms with Crippen molar-refractivity contribution in [3.63, 3.8) is 0 Å². The van der Waals surface area contributed by atoms with Crippen molar-refractivity contribution in [1.82, 2.24) is 14.8 Å². The van der Waals surface area contributed by atoms with Gasteiger partial charge in [0, 0.05) is 35.6 Å². The molecule has 5 rings (SSSR count). The third-order valence-corrected chi connectivity index (χ3v) is 9.60. The van der Waals surface area contributed by atoms with E-state index in [1.165, 1.54) is 5.56 Å². The van der Waals surface area contributed by atoms with Crippen LogP contribution < -0.4 is 5.32 Å². The summed E-state index contributed by atoms with van der Waals surface area (Å²) in [6.45, 7) is 11.4. The number of nitrogens with one attached hydrogen (secondary N) is 1. The monoisotopic (exact) mass is 577 g/mol. The van der Waals surface area contributed by atoms with Crippen LogP contribution in [0.25, 0.3) is 22.2 Å². The zero-order valence-corrected chi connectivity index (χ0v) is 26.7. The van der Waals surface area contributed by atoms with E-state index in [0.717, 1.165) is 65.4 Å². The molecule has 226 valence electrons. The minimum absolute atomic E-state index is 0.0192. The summed E-state index contributed by atoms with van der Waals surface area (Å²) in [5.74, 6) is 0.304. The number of rotatable bonds is 12. The molecule has 0 radical (unpaired) electrons. The second kappa shape index (κ2) is 13.2. The Morgan fingerprint density at radius 2 is 1.63 bits per heavy atom. The quantitative estimate of drug-likeness (QED) is 0.184. The first-order chi connectivity index (χ1) is 20.8. The lowest BCUT2D eigenvalue weighted by molar-refractivity contribution is -0.128. The number of carbonyl (C=O) groups excluding carboxylic acids is 2. The fraction of sp³-hybridized carbons (Fsp3) is 0.421. The molecular weight excluding hydrogens is 530 g/mol. The standard InChI is InChI=1S/C38H47N3O2/c1-7-10-15-27(9-3)24-39-37(42)34(26(5)8-2)41-36(29-16-11-12-17-30(29)38(41)43)33-31-18-13-14-19-32(31)40(6)35(33)28-22-20-25(4)21-23-28/h11-14,16-23,26-27,34,36H,7-10,15,24H2,1-6H3,(H,39,42). The van der Waals surface area contributed by atoms with Crippen LogP contribution in [0.2, 0.25) is 0 Å². The minimum atomic E-state index is -0.594. The summed E-state index contributed by atoms with van der Waals surface area (Å²) in [7, 11) is 2.11. The van der Waals surface area contributed by atoms with Crippen LogP contribution in [0.1, 0.15) is 92.9 Å². The summed E-state index contributed by atoms with van der Waals surface area (Å²) in [5, 5.41) is 4.42. The highest BCUT2D eigenvalue weighted by molar-refractivity contribution is 6.04. The van der Waals surface area contributed by atoms with E-state index in [-0.39, 0.29) is 17.7 Å². The lowest BCUT2D eigenvalue weighted by Crippen LogP contribution is -2.52. The van der Waals surface area contributed by atoms with E-state index >= 15 is 0 Å².